The van der Waals surface area contributed by atoms with E-state index in [1.54, 1.807) is 19.2 Å². The van der Waals surface area contributed by atoms with Gasteiger partial charge in [-0.1, -0.05) is 29.8 Å². The fourth-order valence-corrected chi connectivity index (χ4v) is 3.12. The molecule has 0 bridgehead atoms. The first kappa shape index (κ1) is 22.9. The molecule has 0 heterocycles. The van der Waals surface area contributed by atoms with Crippen LogP contribution in [0.5, 0.6) is 0 Å². The Hall–Kier alpha value is -2.41. The lowest BCUT2D eigenvalue weighted by molar-refractivity contribution is -0.883. The number of nitrogens with one attached hydrogen (secondary N) is 3. The Morgan fingerprint density at radius 3 is 2.28 bits per heavy atom. The summed E-state index contributed by atoms with van der Waals surface area (Å²) in [6.07, 6.45) is 0. The Labute approximate surface area is 177 Å². The van der Waals surface area contributed by atoms with Gasteiger partial charge in [0.1, 0.15) is 6.54 Å². The third kappa shape index (κ3) is 7.16. The number of carbonyl (C=O) groups is 2. The minimum atomic E-state index is -0.180. The maximum atomic E-state index is 12.6. The molecule has 0 aliphatic rings. The van der Waals surface area contributed by atoms with Crippen molar-refractivity contribution in [3.05, 3.63) is 58.1 Å². The van der Waals surface area contributed by atoms with Crippen LogP contribution in [0, 0.1) is 20.8 Å². The number of amides is 2. The van der Waals surface area contributed by atoms with Crippen molar-refractivity contribution < 1.29 is 19.2 Å². The second-order valence-corrected chi connectivity index (χ2v) is 7.59. The van der Waals surface area contributed by atoms with E-state index in [9.17, 15) is 9.59 Å². The number of ether oxygens (including phenoxy) is 1. The molecule has 0 radical (unpaired) electrons. The molecule has 2 aromatic rings. The molecule has 0 aromatic heterocycles. The van der Waals surface area contributed by atoms with Gasteiger partial charge in [0.2, 0.25) is 0 Å². The lowest BCUT2D eigenvalue weighted by atomic mass is 10.1. The molecule has 7 heteroatoms. The van der Waals surface area contributed by atoms with Crippen LogP contribution in [0.25, 0.3) is 0 Å². The van der Waals surface area contributed by atoms with E-state index in [1.807, 2.05) is 45.0 Å². The molecule has 3 N–H and O–H groups in total. The van der Waals surface area contributed by atoms with Gasteiger partial charge in [0.15, 0.2) is 13.1 Å². The normalized spacial score (nSPS) is 11.8. The van der Waals surface area contributed by atoms with Gasteiger partial charge in [-0.25, -0.2) is 0 Å². The molecule has 2 rings (SSSR count). The number of halogens is 1. The Morgan fingerprint density at radius 2 is 1.62 bits per heavy atom. The predicted octanol–water partition coefficient (Wildman–Crippen LogP) is 2.37. The average Bonchev–Trinajstić information content (AvgIpc) is 2.66. The zero-order valence-electron chi connectivity index (χ0n) is 17.4. The minimum Gasteiger partial charge on any atom is -0.379 e. The number of benzene rings is 2. The largest absolute Gasteiger partial charge is 0.379 e. The fraction of sp³-hybridized carbons (Fsp3) is 0.364. The van der Waals surface area contributed by atoms with Gasteiger partial charge in [-0.2, -0.15) is 0 Å². The van der Waals surface area contributed by atoms with E-state index in [2.05, 4.69) is 10.6 Å². The van der Waals surface area contributed by atoms with Crippen molar-refractivity contribution in [2.45, 2.75) is 20.8 Å². The van der Waals surface area contributed by atoms with Crippen molar-refractivity contribution in [1.82, 2.24) is 0 Å². The van der Waals surface area contributed by atoms with Crippen LogP contribution in [-0.2, 0) is 14.3 Å². The minimum absolute atomic E-state index is 0.142. The Morgan fingerprint density at radius 1 is 0.966 bits per heavy atom. The zero-order chi connectivity index (χ0) is 21.4. The van der Waals surface area contributed by atoms with Crippen LogP contribution >= 0.6 is 11.6 Å². The molecule has 29 heavy (non-hydrogen) atoms. The van der Waals surface area contributed by atoms with Crippen molar-refractivity contribution in [2.24, 2.45) is 0 Å². The first-order valence-corrected chi connectivity index (χ1v) is 9.92. The second kappa shape index (κ2) is 11.0. The quantitative estimate of drug-likeness (QED) is 0.585. The van der Waals surface area contributed by atoms with E-state index < -0.39 is 0 Å². The van der Waals surface area contributed by atoms with Gasteiger partial charge in [0.05, 0.1) is 6.61 Å². The average molecular weight is 419 g/mol. The summed E-state index contributed by atoms with van der Waals surface area (Å²) in [5, 5.41) is 6.39. The topological polar surface area (TPSA) is 71.9 Å². The number of quaternary nitrogens is 1. The monoisotopic (exact) mass is 418 g/mol. The number of methoxy groups -OCH3 is 1. The highest BCUT2D eigenvalue weighted by atomic mass is 35.5. The third-order valence-corrected chi connectivity index (χ3v) is 5.07. The van der Waals surface area contributed by atoms with Gasteiger partial charge in [-0.3, -0.25) is 9.59 Å². The Kier molecular flexibility index (Phi) is 8.64. The van der Waals surface area contributed by atoms with Gasteiger partial charge in [0.25, 0.3) is 11.8 Å². The molecule has 6 nitrogen and oxygen atoms in total. The number of anilines is 2. The van der Waals surface area contributed by atoms with Crippen molar-refractivity contribution in [2.75, 3.05) is 44.0 Å². The summed E-state index contributed by atoms with van der Waals surface area (Å²) in [5.74, 6) is -0.322. The third-order valence-electron chi connectivity index (χ3n) is 4.83. The lowest BCUT2D eigenvalue weighted by Crippen LogP contribution is -3.14. The summed E-state index contributed by atoms with van der Waals surface area (Å²) >= 11 is 6.02. The van der Waals surface area contributed by atoms with E-state index in [1.165, 1.54) is 0 Å². The van der Waals surface area contributed by atoms with Crippen molar-refractivity contribution >= 4 is 34.8 Å². The maximum absolute atomic E-state index is 12.6. The first-order valence-electron chi connectivity index (χ1n) is 9.54. The highest BCUT2D eigenvalue weighted by Gasteiger charge is 2.19. The molecule has 0 spiro atoms. The van der Waals surface area contributed by atoms with E-state index in [-0.39, 0.29) is 24.9 Å². The smallest absolute Gasteiger partial charge is 0.279 e. The summed E-state index contributed by atoms with van der Waals surface area (Å²) in [7, 11) is 1.60. The van der Waals surface area contributed by atoms with E-state index in [4.69, 9.17) is 16.3 Å². The number of hydrogen-bond acceptors (Lipinski definition) is 3. The van der Waals surface area contributed by atoms with Crippen molar-refractivity contribution in [1.29, 1.82) is 0 Å². The molecule has 1 atom stereocenters. The molecule has 2 aromatic carbocycles. The van der Waals surface area contributed by atoms with Crippen LogP contribution in [0.2, 0.25) is 5.02 Å². The number of rotatable bonds is 9. The van der Waals surface area contributed by atoms with Crippen LogP contribution < -0.4 is 15.5 Å². The standard InChI is InChI=1S/C22H28ClN3O3/c1-15-6-5-7-19(17(15)3)24-21(27)13-26(10-11-29-4)14-22(28)25-20-12-18(23)9-8-16(20)2/h5-9,12H,10-11,13-14H2,1-4H3,(H,24,27)(H,25,28)/p+1. The molecule has 0 fully saturated rings. The van der Waals surface area contributed by atoms with Crippen LogP contribution in [-0.4, -0.2) is 45.2 Å². The summed E-state index contributed by atoms with van der Waals surface area (Å²) < 4.78 is 5.14. The van der Waals surface area contributed by atoms with Crippen LogP contribution in [0.4, 0.5) is 11.4 Å². The van der Waals surface area contributed by atoms with Crippen LogP contribution in [0.1, 0.15) is 16.7 Å². The molecule has 2 amide bonds. The van der Waals surface area contributed by atoms with Gasteiger partial charge in [-0.05, 0) is 55.7 Å². The second-order valence-electron chi connectivity index (χ2n) is 7.15. The van der Waals surface area contributed by atoms with Gasteiger partial charge >= 0.3 is 0 Å². The number of carbonyl (C=O) groups excluding carboxylic acids is 2. The fourth-order valence-electron chi connectivity index (χ4n) is 2.94. The van der Waals surface area contributed by atoms with Gasteiger partial charge in [0, 0.05) is 23.5 Å². The maximum Gasteiger partial charge on any atom is 0.279 e. The molecular formula is C22H29ClN3O3+. The summed E-state index contributed by atoms with van der Waals surface area (Å²) in [4.78, 5) is 25.9. The molecule has 1 unspecified atom stereocenters. The van der Waals surface area contributed by atoms with E-state index >= 15 is 0 Å². The van der Waals surface area contributed by atoms with Crippen LogP contribution in [0.15, 0.2) is 36.4 Å². The number of aryl methyl sites for hydroxylation is 2. The molecule has 0 saturated carbocycles. The highest BCUT2D eigenvalue weighted by Crippen LogP contribution is 2.20. The van der Waals surface area contributed by atoms with Crippen molar-refractivity contribution in [3.8, 4) is 0 Å². The molecular weight excluding hydrogens is 390 g/mol. The molecule has 0 saturated heterocycles. The Bertz CT molecular complexity index is 852. The molecule has 156 valence electrons. The number of hydrogen-bond donors (Lipinski definition) is 3. The first-order chi connectivity index (χ1) is 13.8. The predicted molar refractivity (Wildman–Crippen MR) is 117 cm³/mol. The summed E-state index contributed by atoms with van der Waals surface area (Å²) in [5.41, 5.74) is 4.54. The van der Waals surface area contributed by atoms with E-state index in [0.29, 0.717) is 23.9 Å². The molecule has 0 aliphatic carbocycles. The van der Waals surface area contributed by atoms with Gasteiger partial charge < -0.3 is 20.3 Å². The summed E-state index contributed by atoms with van der Waals surface area (Å²) in [6.45, 7) is 7.19. The van der Waals surface area contributed by atoms with Gasteiger partial charge in [-0.15, -0.1) is 0 Å². The SMILES string of the molecule is COCC[NH+](CC(=O)Nc1cc(Cl)ccc1C)CC(=O)Nc1cccc(C)c1C. The highest BCUT2D eigenvalue weighted by molar-refractivity contribution is 6.31. The zero-order valence-corrected chi connectivity index (χ0v) is 18.2. The van der Waals surface area contributed by atoms with E-state index in [0.717, 1.165) is 27.3 Å². The summed E-state index contributed by atoms with van der Waals surface area (Å²) in [6, 6.07) is 11.1. The lowest BCUT2D eigenvalue weighted by Gasteiger charge is -2.19. The Balaban J connectivity index is 2.00. The molecule has 0 aliphatic heterocycles. The van der Waals surface area contributed by atoms with Crippen molar-refractivity contribution in [3.63, 3.8) is 0 Å². The van der Waals surface area contributed by atoms with Crippen LogP contribution in [0.3, 0.4) is 0 Å².